The predicted octanol–water partition coefficient (Wildman–Crippen LogP) is 1.36. The Morgan fingerprint density at radius 2 is 2.16 bits per heavy atom. The third-order valence-electron chi connectivity index (χ3n) is 2.54. The highest BCUT2D eigenvalue weighted by molar-refractivity contribution is 5.86. The zero-order valence-electron chi connectivity index (χ0n) is 10.2. The van der Waals surface area contributed by atoms with Crippen LogP contribution in [0.15, 0.2) is 35.3 Å². The monoisotopic (exact) mass is 260 g/mol. The summed E-state index contributed by atoms with van der Waals surface area (Å²) >= 11 is 0. The lowest BCUT2D eigenvalue weighted by atomic mass is 10.2. The van der Waals surface area contributed by atoms with E-state index >= 15 is 0 Å². The summed E-state index contributed by atoms with van der Waals surface area (Å²) in [5.41, 5.74) is -0.113. The molecule has 1 aromatic carbocycles. The number of aromatic amines is 1. The molecule has 19 heavy (non-hydrogen) atoms. The van der Waals surface area contributed by atoms with Gasteiger partial charge in [0.05, 0.1) is 0 Å². The second-order valence-corrected chi connectivity index (χ2v) is 3.93. The molecule has 6 heteroatoms. The normalized spacial score (nSPS) is 10.2. The van der Waals surface area contributed by atoms with Crippen molar-refractivity contribution in [3.8, 4) is 5.75 Å². The Morgan fingerprint density at radius 1 is 1.42 bits per heavy atom. The van der Waals surface area contributed by atoms with Crippen molar-refractivity contribution >= 4 is 5.97 Å². The van der Waals surface area contributed by atoms with Gasteiger partial charge in [-0.3, -0.25) is 4.79 Å². The number of rotatable bonds is 4. The molecule has 0 aliphatic heterocycles. The number of hydrogen-bond donors (Lipinski definition) is 2. The van der Waals surface area contributed by atoms with E-state index in [0.29, 0.717) is 5.75 Å². The van der Waals surface area contributed by atoms with Crippen molar-refractivity contribution in [2.24, 2.45) is 0 Å². The van der Waals surface area contributed by atoms with Gasteiger partial charge in [-0.15, -0.1) is 0 Å². The number of nitrogens with zero attached hydrogens (tertiary/aromatic N) is 1. The molecule has 0 aliphatic rings. The van der Waals surface area contributed by atoms with Gasteiger partial charge in [-0.1, -0.05) is 18.2 Å². The number of carbonyl (C=O) groups is 1. The number of ether oxygens (including phenoxy) is 1. The van der Waals surface area contributed by atoms with Crippen LogP contribution < -0.4 is 10.3 Å². The molecular weight excluding hydrogens is 248 g/mol. The molecule has 0 radical (unpaired) electrons. The van der Waals surface area contributed by atoms with Gasteiger partial charge in [-0.05, 0) is 18.6 Å². The van der Waals surface area contributed by atoms with Crippen LogP contribution in [0, 0.1) is 6.92 Å². The van der Waals surface area contributed by atoms with Crippen LogP contribution in [0.5, 0.6) is 5.75 Å². The van der Waals surface area contributed by atoms with Crippen LogP contribution in [-0.4, -0.2) is 21.0 Å². The zero-order valence-corrected chi connectivity index (χ0v) is 10.2. The highest BCUT2D eigenvalue weighted by atomic mass is 16.5. The number of carboxylic acids is 1. The summed E-state index contributed by atoms with van der Waals surface area (Å²) in [6.45, 7) is 1.97. The minimum atomic E-state index is -1.31. The summed E-state index contributed by atoms with van der Waals surface area (Å²) in [5, 5.41) is 8.71. The van der Waals surface area contributed by atoms with Crippen LogP contribution in [0.2, 0.25) is 0 Å². The molecule has 0 bridgehead atoms. The molecule has 0 atom stereocenters. The van der Waals surface area contributed by atoms with Crippen molar-refractivity contribution < 1.29 is 14.6 Å². The van der Waals surface area contributed by atoms with E-state index in [1.165, 1.54) is 0 Å². The van der Waals surface area contributed by atoms with Crippen molar-refractivity contribution in [3.05, 3.63) is 57.8 Å². The summed E-state index contributed by atoms with van der Waals surface area (Å²) in [5.74, 6) is -0.342. The maximum Gasteiger partial charge on any atom is 0.342 e. The maximum absolute atomic E-state index is 11.4. The minimum Gasteiger partial charge on any atom is -0.485 e. The van der Waals surface area contributed by atoms with Crippen molar-refractivity contribution in [1.82, 2.24) is 9.97 Å². The van der Waals surface area contributed by atoms with Gasteiger partial charge >= 0.3 is 5.97 Å². The standard InChI is InChI=1S/C13H12N2O4/c1-8-4-2-3-5-10(8)19-7-11-14-6-9(13(17)18)12(16)15-11/h2-6H,7H2,1H3,(H,17,18)(H,14,15,16). The molecule has 1 heterocycles. The fraction of sp³-hybridized carbons (Fsp3) is 0.154. The molecule has 0 unspecified atom stereocenters. The van der Waals surface area contributed by atoms with Crippen LogP contribution in [0.25, 0.3) is 0 Å². The first-order valence-corrected chi connectivity index (χ1v) is 5.58. The molecule has 6 nitrogen and oxygen atoms in total. The fourth-order valence-electron chi connectivity index (χ4n) is 1.52. The molecule has 0 fully saturated rings. The SMILES string of the molecule is Cc1ccccc1OCc1ncc(C(=O)O)c(=O)[nH]1. The van der Waals surface area contributed by atoms with E-state index in [-0.39, 0.29) is 18.0 Å². The fourth-order valence-corrected chi connectivity index (χ4v) is 1.52. The molecule has 1 aromatic heterocycles. The third kappa shape index (κ3) is 2.98. The molecule has 0 aliphatic carbocycles. The first kappa shape index (κ1) is 12.8. The maximum atomic E-state index is 11.4. The van der Waals surface area contributed by atoms with Crippen LogP contribution in [0.4, 0.5) is 0 Å². The van der Waals surface area contributed by atoms with E-state index in [4.69, 9.17) is 9.84 Å². The number of hydrogen-bond acceptors (Lipinski definition) is 4. The summed E-state index contributed by atoms with van der Waals surface area (Å²) in [7, 11) is 0. The molecule has 0 saturated carbocycles. The van der Waals surface area contributed by atoms with E-state index in [2.05, 4.69) is 9.97 Å². The average Bonchev–Trinajstić information content (AvgIpc) is 2.37. The van der Waals surface area contributed by atoms with E-state index in [0.717, 1.165) is 11.8 Å². The van der Waals surface area contributed by atoms with Gasteiger partial charge in [0.1, 0.15) is 23.7 Å². The van der Waals surface area contributed by atoms with E-state index < -0.39 is 11.5 Å². The summed E-state index contributed by atoms with van der Waals surface area (Å²) in [6.07, 6.45) is 1.03. The molecule has 2 aromatic rings. The molecule has 2 rings (SSSR count). The van der Waals surface area contributed by atoms with Crippen molar-refractivity contribution in [2.75, 3.05) is 0 Å². The van der Waals surface area contributed by atoms with E-state index in [1.807, 2.05) is 25.1 Å². The lowest BCUT2D eigenvalue weighted by Crippen LogP contribution is -2.20. The Labute approximate surface area is 108 Å². The van der Waals surface area contributed by atoms with Crippen LogP contribution >= 0.6 is 0 Å². The van der Waals surface area contributed by atoms with Gasteiger partial charge in [0, 0.05) is 6.20 Å². The molecule has 98 valence electrons. The largest absolute Gasteiger partial charge is 0.485 e. The van der Waals surface area contributed by atoms with Gasteiger partial charge in [0.2, 0.25) is 0 Å². The Morgan fingerprint density at radius 3 is 2.79 bits per heavy atom. The average molecular weight is 260 g/mol. The number of para-hydroxylation sites is 1. The van der Waals surface area contributed by atoms with Gasteiger partial charge in [-0.2, -0.15) is 0 Å². The van der Waals surface area contributed by atoms with Gasteiger partial charge in [0.25, 0.3) is 5.56 Å². The molecule has 0 saturated heterocycles. The highest BCUT2D eigenvalue weighted by Gasteiger charge is 2.10. The second-order valence-electron chi connectivity index (χ2n) is 3.93. The molecular formula is C13H12N2O4. The Kier molecular flexibility index (Phi) is 3.61. The predicted molar refractivity (Wildman–Crippen MR) is 67.3 cm³/mol. The highest BCUT2D eigenvalue weighted by Crippen LogP contribution is 2.16. The number of H-pyrrole nitrogens is 1. The van der Waals surface area contributed by atoms with Crippen LogP contribution in [-0.2, 0) is 6.61 Å². The topological polar surface area (TPSA) is 92.3 Å². The quantitative estimate of drug-likeness (QED) is 0.865. The first-order chi connectivity index (χ1) is 9.08. The molecule has 2 N–H and O–H groups in total. The van der Waals surface area contributed by atoms with Crippen molar-refractivity contribution in [2.45, 2.75) is 13.5 Å². The van der Waals surface area contributed by atoms with Gasteiger partial charge in [0.15, 0.2) is 0 Å². The molecule has 0 spiro atoms. The number of aromatic carboxylic acids is 1. The van der Waals surface area contributed by atoms with E-state index in [1.54, 1.807) is 6.07 Å². The van der Waals surface area contributed by atoms with Crippen LogP contribution in [0.3, 0.4) is 0 Å². The Bertz CT molecular complexity index is 664. The Balaban J connectivity index is 2.13. The van der Waals surface area contributed by atoms with Crippen LogP contribution in [0.1, 0.15) is 21.7 Å². The summed E-state index contributed by atoms with van der Waals surface area (Å²) in [6, 6.07) is 7.44. The zero-order chi connectivity index (χ0) is 13.8. The summed E-state index contributed by atoms with van der Waals surface area (Å²) < 4.78 is 5.50. The van der Waals surface area contributed by atoms with Crippen molar-refractivity contribution in [3.63, 3.8) is 0 Å². The minimum absolute atomic E-state index is 0.0694. The number of nitrogens with one attached hydrogen (secondary N) is 1. The van der Waals surface area contributed by atoms with Gasteiger partial charge < -0.3 is 14.8 Å². The number of aryl methyl sites for hydroxylation is 1. The smallest absolute Gasteiger partial charge is 0.342 e. The number of aromatic nitrogens is 2. The first-order valence-electron chi connectivity index (χ1n) is 5.58. The number of carboxylic acid groups (broad SMARTS) is 1. The third-order valence-corrected chi connectivity index (χ3v) is 2.54. The molecule has 0 amide bonds. The van der Waals surface area contributed by atoms with Gasteiger partial charge in [-0.25, -0.2) is 9.78 Å². The van der Waals surface area contributed by atoms with Crippen molar-refractivity contribution in [1.29, 1.82) is 0 Å². The Hall–Kier alpha value is -2.63. The van der Waals surface area contributed by atoms with E-state index in [9.17, 15) is 9.59 Å². The number of benzene rings is 1. The lowest BCUT2D eigenvalue weighted by Gasteiger charge is -2.08. The summed E-state index contributed by atoms with van der Waals surface area (Å²) in [4.78, 5) is 28.3. The lowest BCUT2D eigenvalue weighted by molar-refractivity contribution is 0.0694. The second kappa shape index (κ2) is 5.34.